The van der Waals surface area contributed by atoms with E-state index in [-0.39, 0.29) is 5.37 Å². The SMILES string of the molecule is Oc1ccc2ccccc2c1[C@H]1NN=C(c2ccccc2)S1. The summed E-state index contributed by atoms with van der Waals surface area (Å²) in [5.41, 5.74) is 5.12. The van der Waals surface area contributed by atoms with Crippen molar-refractivity contribution in [1.82, 2.24) is 5.43 Å². The molecule has 22 heavy (non-hydrogen) atoms. The van der Waals surface area contributed by atoms with E-state index in [2.05, 4.69) is 16.6 Å². The zero-order valence-corrected chi connectivity index (χ0v) is 12.5. The predicted octanol–water partition coefficient (Wildman–Crippen LogP) is 4.24. The molecule has 3 aromatic rings. The van der Waals surface area contributed by atoms with Crippen molar-refractivity contribution in [3.8, 4) is 5.75 Å². The van der Waals surface area contributed by atoms with Gasteiger partial charge in [0.25, 0.3) is 0 Å². The van der Waals surface area contributed by atoms with Crippen LogP contribution in [0.5, 0.6) is 5.75 Å². The molecule has 3 nitrogen and oxygen atoms in total. The molecule has 108 valence electrons. The highest BCUT2D eigenvalue weighted by Gasteiger charge is 2.26. The summed E-state index contributed by atoms with van der Waals surface area (Å²) >= 11 is 1.62. The second kappa shape index (κ2) is 5.39. The molecule has 0 amide bonds. The lowest BCUT2D eigenvalue weighted by atomic mass is 10.0. The molecule has 0 spiro atoms. The highest BCUT2D eigenvalue weighted by atomic mass is 32.2. The number of hydrogen-bond donors (Lipinski definition) is 2. The molecule has 0 radical (unpaired) electrons. The van der Waals surface area contributed by atoms with Gasteiger partial charge in [0.15, 0.2) is 0 Å². The third-order valence-electron chi connectivity index (χ3n) is 3.74. The van der Waals surface area contributed by atoms with Crippen LogP contribution in [0.2, 0.25) is 0 Å². The predicted molar refractivity (Wildman–Crippen MR) is 92.1 cm³/mol. The molecule has 1 aliphatic heterocycles. The largest absolute Gasteiger partial charge is 0.508 e. The third kappa shape index (κ3) is 2.22. The lowest BCUT2D eigenvalue weighted by molar-refractivity contribution is 0.466. The van der Waals surface area contributed by atoms with E-state index < -0.39 is 0 Å². The van der Waals surface area contributed by atoms with Gasteiger partial charge in [-0.3, -0.25) is 5.43 Å². The Bertz CT molecular complexity index is 861. The molecule has 0 bridgehead atoms. The number of phenolic OH excluding ortho intramolecular Hbond substituents is 1. The molecule has 0 saturated carbocycles. The van der Waals surface area contributed by atoms with Crippen molar-refractivity contribution in [3.05, 3.63) is 77.9 Å². The first-order valence-corrected chi connectivity index (χ1v) is 7.97. The highest BCUT2D eigenvalue weighted by molar-refractivity contribution is 8.14. The van der Waals surface area contributed by atoms with Crippen molar-refractivity contribution in [2.75, 3.05) is 0 Å². The molecule has 4 heteroatoms. The monoisotopic (exact) mass is 306 g/mol. The minimum atomic E-state index is -0.0821. The van der Waals surface area contributed by atoms with Crippen LogP contribution in [0.3, 0.4) is 0 Å². The van der Waals surface area contributed by atoms with Gasteiger partial charge < -0.3 is 5.11 Å². The van der Waals surface area contributed by atoms with Gasteiger partial charge in [0, 0.05) is 11.1 Å². The van der Waals surface area contributed by atoms with E-state index in [1.54, 1.807) is 17.8 Å². The van der Waals surface area contributed by atoms with Crippen molar-refractivity contribution in [3.63, 3.8) is 0 Å². The summed E-state index contributed by atoms with van der Waals surface area (Å²) in [7, 11) is 0. The van der Waals surface area contributed by atoms with Gasteiger partial charge in [0.2, 0.25) is 0 Å². The number of nitrogens with one attached hydrogen (secondary N) is 1. The number of hydrogen-bond acceptors (Lipinski definition) is 4. The Kier molecular flexibility index (Phi) is 3.24. The molecule has 0 fully saturated rings. The lowest BCUT2D eigenvalue weighted by Crippen LogP contribution is -2.07. The van der Waals surface area contributed by atoms with E-state index in [4.69, 9.17) is 0 Å². The van der Waals surface area contributed by atoms with Crippen LogP contribution in [-0.2, 0) is 0 Å². The van der Waals surface area contributed by atoms with Gasteiger partial charge in [-0.1, -0.05) is 72.4 Å². The van der Waals surface area contributed by atoms with Crippen LogP contribution in [0.4, 0.5) is 0 Å². The normalized spacial score (nSPS) is 17.3. The number of phenols is 1. The van der Waals surface area contributed by atoms with Gasteiger partial charge in [-0.2, -0.15) is 5.10 Å². The first-order chi connectivity index (χ1) is 10.8. The summed E-state index contributed by atoms with van der Waals surface area (Å²) in [6.45, 7) is 0. The van der Waals surface area contributed by atoms with Crippen LogP contribution in [0.25, 0.3) is 10.8 Å². The Labute approximate surface area is 132 Å². The van der Waals surface area contributed by atoms with E-state index in [9.17, 15) is 5.11 Å². The molecular weight excluding hydrogens is 292 g/mol. The molecule has 0 aliphatic carbocycles. The Hall–Kier alpha value is -2.46. The van der Waals surface area contributed by atoms with E-state index in [0.29, 0.717) is 5.75 Å². The molecule has 3 aromatic carbocycles. The number of hydrazone groups is 1. The Morgan fingerprint density at radius 3 is 2.55 bits per heavy atom. The first-order valence-electron chi connectivity index (χ1n) is 7.09. The van der Waals surface area contributed by atoms with Crippen molar-refractivity contribution in [2.45, 2.75) is 5.37 Å². The quantitative estimate of drug-likeness (QED) is 0.744. The molecule has 1 atom stereocenters. The van der Waals surface area contributed by atoms with Crippen LogP contribution >= 0.6 is 11.8 Å². The second-order valence-electron chi connectivity index (χ2n) is 5.13. The maximum Gasteiger partial charge on any atom is 0.126 e. The highest BCUT2D eigenvalue weighted by Crippen LogP contribution is 2.41. The van der Waals surface area contributed by atoms with Crippen molar-refractivity contribution >= 4 is 27.6 Å². The van der Waals surface area contributed by atoms with Gasteiger partial charge in [0.1, 0.15) is 16.2 Å². The zero-order chi connectivity index (χ0) is 14.9. The van der Waals surface area contributed by atoms with Gasteiger partial charge in [-0.05, 0) is 16.8 Å². The summed E-state index contributed by atoms with van der Waals surface area (Å²) in [6, 6.07) is 21.8. The van der Waals surface area contributed by atoms with Crippen molar-refractivity contribution in [2.24, 2.45) is 5.10 Å². The lowest BCUT2D eigenvalue weighted by Gasteiger charge is -2.14. The molecule has 1 heterocycles. The van der Waals surface area contributed by atoms with Crippen LogP contribution < -0.4 is 5.43 Å². The number of benzene rings is 3. The fourth-order valence-corrected chi connectivity index (χ4v) is 3.75. The Morgan fingerprint density at radius 1 is 0.909 bits per heavy atom. The summed E-state index contributed by atoms with van der Waals surface area (Å²) in [6.07, 6.45) is 0. The summed E-state index contributed by atoms with van der Waals surface area (Å²) in [5, 5.41) is 17.8. The molecular formula is C18H14N2OS. The number of nitrogens with zero attached hydrogens (tertiary/aromatic N) is 1. The maximum absolute atomic E-state index is 10.3. The summed E-state index contributed by atoms with van der Waals surface area (Å²) in [5.74, 6) is 0.299. The Balaban J connectivity index is 1.72. The Morgan fingerprint density at radius 2 is 1.68 bits per heavy atom. The summed E-state index contributed by atoms with van der Waals surface area (Å²) < 4.78 is 0. The van der Waals surface area contributed by atoms with E-state index in [1.807, 2.05) is 54.6 Å². The zero-order valence-electron chi connectivity index (χ0n) is 11.7. The van der Waals surface area contributed by atoms with Gasteiger partial charge in [-0.15, -0.1) is 0 Å². The summed E-state index contributed by atoms with van der Waals surface area (Å²) in [4.78, 5) is 0. The maximum atomic E-state index is 10.3. The van der Waals surface area contributed by atoms with Crippen molar-refractivity contribution in [1.29, 1.82) is 0 Å². The van der Waals surface area contributed by atoms with Gasteiger partial charge >= 0.3 is 0 Å². The smallest absolute Gasteiger partial charge is 0.126 e. The van der Waals surface area contributed by atoms with E-state index in [1.165, 1.54) is 0 Å². The minimum absolute atomic E-state index is 0.0821. The molecule has 1 aliphatic rings. The molecule has 0 aromatic heterocycles. The molecule has 0 unspecified atom stereocenters. The number of fused-ring (bicyclic) bond motifs is 1. The number of rotatable bonds is 2. The van der Waals surface area contributed by atoms with Gasteiger partial charge in [0.05, 0.1) is 0 Å². The average molecular weight is 306 g/mol. The fraction of sp³-hybridized carbons (Fsp3) is 0.0556. The average Bonchev–Trinajstić information content (AvgIpc) is 3.05. The van der Waals surface area contributed by atoms with E-state index >= 15 is 0 Å². The second-order valence-corrected chi connectivity index (χ2v) is 6.22. The topological polar surface area (TPSA) is 44.6 Å². The third-order valence-corrected chi connectivity index (χ3v) is 4.87. The fourth-order valence-electron chi connectivity index (χ4n) is 2.68. The molecule has 0 saturated heterocycles. The molecule has 4 rings (SSSR count). The minimum Gasteiger partial charge on any atom is -0.508 e. The van der Waals surface area contributed by atoms with E-state index in [0.717, 1.165) is 26.9 Å². The van der Waals surface area contributed by atoms with Crippen molar-refractivity contribution < 1.29 is 5.11 Å². The first kappa shape index (κ1) is 13.2. The van der Waals surface area contributed by atoms with Crippen LogP contribution in [0.1, 0.15) is 16.5 Å². The van der Waals surface area contributed by atoms with Crippen LogP contribution in [0, 0.1) is 0 Å². The van der Waals surface area contributed by atoms with Gasteiger partial charge in [-0.25, -0.2) is 0 Å². The van der Waals surface area contributed by atoms with Crippen LogP contribution in [0.15, 0.2) is 71.8 Å². The standard InChI is InChI=1S/C18H14N2OS/c21-15-11-10-12-6-4-5-9-14(12)16(15)18-20-19-17(22-18)13-7-2-1-3-8-13/h1-11,18,20-21H/t18-/m0/s1. The number of thioether (sulfide) groups is 1. The van der Waals surface area contributed by atoms with Crippen LogP contribution in [-0.4, -0.2) is 10.2 Å². The molecule has 2 N–H and O–H groups in total. The number of aromatic hydroxyl groups is 1.